The van der Waals surface area contributed by atoms with Crippen molar-refractivity contribution in [1.82, 2.24) is 0 Å². The van der Waals surface area contributed by atoms with E-state index in [0.717, 1.165) is 0 Å². The molecule has 2 nitrogen and oxygen atoms in total. The van der Waals surface area contributed by atoms with Gasteiger partial charge < -0.3 is 4.74 Å². The van der Waals surface area contributed by atoms with Crippen LogP contribution in [-0.2, 0) is 0 Å². The lowest BCUT2D eigenvalue weighted by atomic mass is 10.2. The van der Waals surface area contributed by atoms with Gasteiger partial charge in [0.1, 0.15) is 0 Å². The fourth-order valence-electron chi connectivity index (χ4n) is 1.60. The van der Waals surface area contributed by atoms with Crippen LogP contribution in [-0.4, -0.2) is 11.9 Å². The van der Waals surface area contributed by atoms with Gasteiger partial charge in [0, 0.05) is 0 Å². The summed E-state index contributed by atoms with van der Waals surface area (Å²) in [6, 6.07) is 8.13. The van der Waals surface area contributed by atoms with Crippen molar-refractivity contribution in [1.29, 1.82) is 0 Å². The van der Waals surface area contributed by atoms with Crippen molar-refractivity contribution in [3.63, 3.8) is 0 Å². The molecule has 19 heavy (non-hydrogen) atoms. The third-order valence-electron chi connectivity index (χ3n) is 2.65. The monoisotopic (exact) mass is 298 g/mol. The first-order chi connectivity index (χ1) is 8.99. The highest BCUT2D eigenvalue weighted by atomic mass is 35.5. The van der Waals surface area contributed by atoms with Crippen LogP contribution in [0.5, 0.6) is 5.75 Å². The van der Waals surface area contributed by atoms with E-state index in [1.54, 1.807) is 38.1 Å². The van der Waals surface area contributed by atoms with Crippen molar-refractivity contribution in [3.8, 4) is 5.75 Å². The van der Waals surface area contributed by atoms with Crippen molar-refractivity contribution in [3.05, 3.63) is 50.9 Å². The molecule has 1 aromatic heterocycles. The number of ether oxygens (including phenoxy) is 1. The Labute approximate surface area is 119 Å². The zero-order chi connectivity index (χ0) is 14.0. The van der Waals surface area contributed by atoms with Crippen molar-refractivity contribution < 1.29 is 13.9 Å². The van der Waals surface area contributed by atoms with Gasteiger partial charge in [-0.25, -0.2) is 4.39 Å². The lowest BCUT2D eigenvalue weighted by molar-refractivity contribution is 0.0816. The number of Topliss-reactive ketones (excluding diaryl/α,β-unsaturated/α-hetero) is 1. The van der Waals surface area contributed by atoms with Crippen LogP contribution >= 0.6 is 22.9 Å². The van der Waals surface area contributed by atoms with Crippen LogP contribution in [0, 0.1) is 12.7 Å². The summed E-state index contributed by atoms with van der Waals surface area (Å²) in [7, 11) is 0. The van der Waals surface area contributed by atoms with Gasteiger partial charge in [0.05, 0.1) is 9.21 Å². The van der Waals surface area contributed by atoms with Gasteiger partial charge in [0.25, 0.3) is 0 Å². The summed E-state index contributed by atoms with van der Waals surface area (Å²) >= 11 is 6.97. The van der Waals surface area contributed by atoms with E-state index in [1.807, 2.05) is 0 Å². The van der Waals surface area contributed by atoms with Gasteiger partial charge in [-0.15, -0.1) is 11.3 Å². The Kier molecular flexibility index (Phi) is 4.22. The second-order valence-electron chi connectivity index (χ2n) is 4.12. The molecular weight excluding hydrogens is 287 g/mol. The SMILES string of the molecule is Cc1cccc(OC(C)C(=O)c2ccc(Cl)s2)c1F. The molecule has 0 saturated heterocycles. The molecule has 1 unspecified atom stereocenters. The van der Waals surface area contributed by atoms with E-state index in [9.17, 15) is 9.18 Å². The van der Waals surface area contributed by atoms with Gasteiger partial charge in [-0.3, -0.25) is 4.79 Å². The number of rotatable bonds is 4. The van der Waals surface area contributed by atoms with Gasteiger partial charge in [-0.05, 0) is 37.6 Å². The van der Waals surface area contributed by atoms with Gasteiger partial charge in [0.2, 0.25) is 5.78 Å². The summed E-state index contributed by atoms with van der Waals surface area (Å²) in [6.45, 7) is 3.24. The second kappa shape index (κ2) is 5.72. The zero-order valence-electron chi connectivity index (χ0n) is 10.4. The highest BCUT2D eigenvalue weighted by Crippen LogP contribution is 2.25. The molecule has 0 aliphatic carbocycles. The standard InChI is InChI=1S/C14H12ClFO2S/c1-8-4-3-5-10(13(8)16)18-9(2)14(17)11-6-7-12(15)19-11/h3-7,9H,1-2H3. The highest BCUT2D eigenvalue weighted by molar-refractivity contribution is 7.18. The number of benzene rings is 1. The van der Waals surface area contributed by atoms with Crippen molar-refractivity contribution in [2.45, 2.75) is 20.0 Å². The number of ketones is 1. The zero-order valence-corrected chi connectivity index (χ0v) is 12.0. The molecule has 5 heteroatoms. The lowest BCUT2D eigenvalue weighted by Gasteiger charge is -2.14. The van der Waals surface area contributed by atoms with Crippen LogP contribution < -0.4 is 4.74 Å². The molecule has 2 aromatic rings. The minimum atomic E-state index is -0.758. The number of carbonyl (C=O) groups is 1. The molecule has 0 spiro atoms. The summed E-state index contributed by atoms with van der Waals surface area (Å²) in [4.78, 5) is 12.6. The van der Waals surface area contributed by atoms with Crippen LogP contribution in [0.2, 0.25) is 4.34 Å². The number of hydrogen-bond acceptors (Lipinski definition) is 3. The molecule has 0 aliphatic rings. The largest absolute Gasteiger partial charge is 0.479 e. The minimum Gasteiger partial charge on any atom is -0.479 e. The van der Waals surface area contributed by atoms with Gasteiger partial charge in [-0.2, -0.15) is 0 Å². The molecule has 0 fully saturated rings. The molecule has 100 valence electrons. The highest BCUT2D eigenvalue weighted by Gasteiger charge is 2.20. The Morgan fingerprint density at radius 2 is 2.11 bits per heavy atom. The van der Waals surface area contributed by atoms with Gasteiger partial charge in [-0.1, -0.05) is 23.7 Å². The Bertz CT molecular complexity index is 609. The summed E-state index contributed by atoms with van der Waals surface area (Å²) in [5.41, 5.74) is 0.483. The summed E-state index contributed by atoms with van der Waals surface area (Å²) in [5, 5.41) is 0. The van der Waals surface area contributed by atoms with Crippen molar-refractivity contribution >= 4 is 28.7 Å². The maximum Gasteiger partial charge on any atom is 0.212 e. The fourth-order valence-corrected chi connectivity index (χ4v) is 2.66. The Hall–Kier alpha value is -1.39. The number of halogens is 2. The van der Waals surface area contributed by atoms with Crippen LogP contribution in [0.25, 0.3) is 0 Å². The van der Waals surface area contributed by atoms with E-state index in [1.165, 1.54) is 17.4 Å². The van der Waals surface area contributed by atoms with Crippen LogP contribution in [0.3, 0.4) is 0 Å². The predicted octanol–water partition coefficient (Wildman–Crippen LogP) is 4.50. The smallest absolute Gasteiger partial charge is 0.212 e. The average Bonchev–Trinajstić information content (AvgIpc) is 2.80. The molecule has 1 heterocycles. The quantitative estimate of drug-likeness (QED) is 0.777. The van der Waals surface area contributed by atoms with Crippen molar-refractivity contribution in [2.24, 2.45) is 0 Å². The molecule has 0 amide bonds. The normalized spacial score (nSPS) is 12.2. The van der Waals surface area contributed by atoms with E-state index in [0.29, 0.717) is 14.8 Å². The Balaban J connectivity index is 2.15. The molecule has 0 N–H and O–H groups in total. The van der Waals surface area contributed by atoms with Crippen LogP contribution in [0.1, 0.15) is 22.2 Å². The number of hydrogen-bond donors (Lipinski definition) is 0. The molecule has 0 saturated carbocycles. The second-order valence-corrected chi connectivity index (χ2v) is 5.83. The molecule has 2 rings (SSSR count). The third kappa shape index (κ3) is 3.14. The first-order valence-corrected chi connectivity index (χ1v) is 6.90. The predicted molar refractivity (Wildman–Crippen MR) is 74.9 cm³/mol. The van der Waals surface area contributed by atoms with E-state index >= 15 is 0 Å². The summed E-state index contributed by atoms with van der Waals surface area (Å²) < 4.78 is 19.7. The first-order valence-electron chi connectivity index (χ1n) is 5.70. The summed E-state index contributed by atoms with van der Waals surface area (Å²) in [5.74, 6) is -0.562. The molecule has 1 aromatic carbocycles. The maximum absolute atomic E-state index is 13.8. The molecule has 0 bridgehead atoms. The lowest BCUT2D eigenvalue weighted by Crippen LogP contribution is -2.23. The number of aryl methyl sites for hydroxylation is 1. The minimum absolute atomic E-state index is 0.0866. The number of carbonyl (C=O) groups excluding carboxylic acids is 1. The third-order valence-corrected chi connectivity index (χ3v) is 3.89. The summed E-state index contributed by atoms with van der Waals surface area (Å²) in [6.07, 6.45) is -0.758. The van der Waals surface area contributed by atoms with E-state index in [2.05, 4.69) is 0 Å². The van der Waals surface area contributed by atoms with E-state index < -0.39 is 11.9 Å². The van der Waals surface area contributed by atoms with E-state index in [4.69, 9.17) is 16.3 Å². The van der Waals surface area contributed by atoms with Crippen LogP contribution in [0.4, 0.5) is 4.39 Å². The maximum atomic E-state index is 13.8. The van der Waals surface area contributed by atoms with Crippen molar-refractivity contribution in [2.75, 3.05) is 0 Å². The Morgan fingerprint density at radius 1 is 1.37 bits per heavy atom. The average molecular weight is 299 g/mol. The topological polar surface area (TPSA) is 26.3 Å². The van der Waals surface area contributed by atoms with Crippen LogP contribution in [0.15, 0.2) is 30.3 Å². The van der Waals surface area contributed by atoms with Gasteiger partial charge >= 0.3 is 0 Å². The molecule has 0 aliphatic heterocycles. The van der Waals surface area contributed by atoms with Gasteiger partial charge in [0.15, 0.2) is 17.7 Å². The Morgan fingerprint density at radius 3 is 2.74 bits per heavy atom. The molecule has 0 radical (unpaired) electrons. The number of thiophene rings is 1. The molecular formula is C14H12ClFO2S. The van der Waals surface area contributed by atoms with E-state index in [-0.39, 0.29) is 11.5 Å². The molecule has 1 atom stereocenters. The fraction of sp³-hybridized carbons (Fsp3) is 0.214. The first kappa shape index (κ1) is 14.0.